The Hall–Kier alpha value is -0.770. The van der Waals surface area contributed by atoms with Crippen LogP contribution < -0.4 is 10.6 Å². The van der Waals surface area contributed by atoms with Crippen LogP contribution in [0, 0.1) is 11.8 Å². The predicted molar refractivity (Wildman–Crippen MR) is 62.1 cm³/mol. The SMILES string of the molecule is CC(O)CCNC(=O)NC(C1CC1)C1CC1. The van der Waals surface area contributed by atoms with Gasteiger partial charge >= 0.3 is 6.03 Å². The monoisotopic (exact) mass is 226 g/mol. The molecule has 1 atom stereocenters. The number of carbonyl (C=O) groups is 1. The van der Waals surface area contributed by atoms with Crippen molar-refractivity contribution in [2.75, 3.05) is 6.54 Å². The smallest absolute Gasteiger partial charge is 0.315 e. The molecule has 2 fully saturated rings. The number of urea groups is 1. The molecule has 2 rings (SSSR count). The maximum absolute atomic E-state index is 11.6. The minimum Gasteiger partial charge on any atom is -0.393 e. The summed E-state index contributed by atoms with van der Waals surface area (Å²) in [5, 5.41) is 15.0. The molecule has 92 valence electrons. The molecule has 2 saturated carbocycles. The zero-order valence-electron chi connectivity index (χ0n) is 9.91. The van der Waals surface area contributed by atoms with Gasteiger partial charge < -0.3 is 15.7 Å². The number of hydrogen-bond acceptors (Lipinski definition) is 2. The third-order valence-corrected chi connectivity index (χ3v) is 3.41. The van der Waals surface area contributed by atoms with Gasteiger partial charge in [0.2, 0.25) is 0 Å². The fraction of sp³-hybridized carbons (Fsp3) is 0.917. The molecule has 4 nitrogen and oxygen atoms in total. The number of nitrogens with one attached hydrogen (secondary N) is 2. The second kappa shape index (κ2) is 5.04. The molecule has 1 unspecified atom stereocenters. The van der Waals surface area contributed by atoms with Crippen LogP contribution in [0.1, 0.15) is 39.0 Å². The van der Waals surface area contributed by atoms with E-state index in [0.29, 0.717) is 19.0 Å². The van der Waals surface area contributed by atoms with Gasteiger partial charge in [0.25, 0.3) is 0 Å². The lowest BCUT2D eigenvalue weighted by Crippen LogP contribution is -2.44. The third kappa shape index (κ3) is 3.67. The number of aliphatic hydroxyl groups is 1. The maximum Gasteiger partial charge on any atom is 0.315 e. The molecule has 0 aromatic heterocycles. The molecule has 0 aliphatic heterocycles. The molecular formula is C12H22N2O2. The summed E-state index contributed by atoms with van der Waals surface area (Å²) in [6.45, 7) is 2.28. The fourth-order valence-electron chi connectivity index (χ4n) is 2.13. The molecular weight excluding hydrogens is 204 g/mol. The maximum atomic E-state index is 11.6. The number of hydrogen-bond donors (Lipinski definition) is 3. The highest BCUT2D eigenvalue weighted by molar-refractivity contribution is 5.74. The Morgan fingerprint density at radius 3 is 2.31 bits per heavy atom. The van der Waals surface area contributed by atoms with Gasteiger partial charge in [-0.2, -0.15) is 0 Å². The molecule has 4 heteroatoms. The van der Waals surface area contributed by atoms with Gasteiger partial charge in [-0.05, 0) is 50.9 Å². The van der Waals surface area contributed by atoms with Gasteiger partial charge in [0.1, 0.15) is 0 Å². The summed E-state index contributed by atoms with van der Waals surface area (Å²) in [7, 11) is 0. The lowest BCUT2D eigenvalue weighted by molar-refractivity contribution is 0.183. The molecule has 0 saturated heterocycles. The standard InChI is InChI=1S/C12H22N2O2/c1-8(15)6-7-13-12(16)14-11(9-2-3-9)10-4-5-10/h8-11,15H,2-7H2,1H3,(H2,13,14,16). The van der Waals surface area contributed by atoms with E-state index in [4.69, 9.17) is 5.11 Å². The first-order valence-electron chi connectivity index (χ1n) is 6.39. The molecule has 0 radical (unpaired) electrons. The Morgan fingerprint density at radius 2 is 1.88 bits per heavy atom. The molecule has 2 aliphatic carbocycles. The average Bonchev–Trinajstić information content (AvgIpc) is 3.06. The molecule has 0 bridgehead atoms. The molecule has 0 spiro atoms. The van der Waals surface area contributed by atoms with Gasteiger partial charge in [0.05, 0.1) is 6.10 Å². The van der Waals surface area contributed by atoms with E-state index in [9.17, 15) is 4.79 Å². The Labute approximate surface area is 96.8 Å². The summed E-state index contributed by atoms with van der Waals surface area (Å²) >= 11 is 0. The zero-order chi connectivity index (χ0) is 11.5. The Bertz CT molecular complexity index is 235. The lowest BCUT2D eigenvalue weighted by atomic mass is 10.1. The highest BCUT2D eigenvalue weighted by Gasteiger charge is 2.42. The summed E-state index contributed by atoms with van der Waals surface area (Å²) in [5.41, 5.74) is 0. The zero-order valence-corrected chi connectivity index (χ0v) is 9.91. The van der Waals surface area contributed by atoms with Crippen molar-refractivity contribution in [3.8, 4) is 0 Å². The van der Waals surface area contributed by atoms with Crippen molar-refractivity contribution < 1.29 is 9.90 Å². The number of rotatable bonds is 6. The first kappa shape index (κ1) is 11.7. The van der Waals surface area contributed by atoms with E-state index in [2.05, 4.69) is 10.6 Å². The predicted octanol–water partition coefficient (Wildman–Crippen LogP) is 1.25. The van der Waals surface area contributed by atoms with Crippen LogP contribution in [-0.4, -0.2) is 29.8 Å². The van der Waals surface area contributed by atoms with E-state index in [1.165, 1.54) is 25.7 Å². The normalized spacial score (nSPS) is 21.9. The van der Waals surface area contributed by atoms with Crippen LogP contribution in [0.2, 0.25) is 0 Å². The average molecular weight is 226 g/mol. The van der Waals surface area contributed by atoms with Crippen LogP contribution in [-0.2, 0) is 0 Å². The summed E-state index contributed by atoms with van der Waals surface area (Å²) < 4.78 is 0. The van der Waals surface area contributed by atoms with Gasteiger partial charge in [0, 0.05) is 12.6 Å². The van der Waals surface area contributed by atoms with E-state index in [0.717, 1.165) is 11.8 Å². The van der Waals surface area contributed by atoms with Crippen LogP contribution in [0.25, 0.3) is 0 Å². The summed E-state index contributed by atoms with van der Waals surface area (Å²) in [4.78, 5) is 11.6. The summed E-state index contributed by atoms with van der Waals surface area (Å²) in [5.74, 6) is 1.46. The molecule has 2 aliphatic rings. The number of aliphatic hydroxyl groups excluding tert-OH is 1. The quantitative estimate of drug-likeness (QED) is 0.638. The van der Waals surface area contributed by atoms with Crippen LogP contribution in [0.5, 0.6) is 0 Å². The third-order valence-electron chi connectivity index (χ3n) is 3.41. The van der Waals surface area contributed by atoms with Crippen molar-refractivity contribution in [2.45, 2.75) is 51.2 Å². The number of carbonyl (C=O) groups excluding carboxylic acids is 1. The van der Waals surface area contributed by atoms with E-state index in [-0.39, 0.29) is 12.1 Å². The van der Waals surface area contributed by atoms with Crippen molar-refractivity contribution >= 4 is 6.03 Å². The van der Waals surface area contributed by atoms with Crippen molar-refractivity contribution in [3.05, 3.63) is 0 Å². The van der Waals surface area contributed by atoms with Crippen molar-refractivity contribution in [1.82, 2.24) is 10.6 Å². The second-order valence-electron chi connectivity index (χ2n) is 5.24. The first-order valence-corrected chi connectivity index (χ1v) is 6.39. The van der Waals surface area contributed by atoms with Crippen molar-refractivity contribution in [3.63, 3.8) is 0 Å². The molecule has 3 N–H and O–H groups in total. The van der Waals surface area contributed by atoms with E-state index < -0.39 is 0 Å². The largest absolute Gasteiger partial charge is 0.393 e. The Balaban J connectivity index is 1.64. The topological polar surface area (TPSA) is 61.4 Å². The van der Waals surface area contributed by atoms with E-state index in [1.54, 1.807) is 6.92 Å². The highest BCUT2D eigenvalue weighted by atomic mass is 16.3. The molecule has 2 amide bonds. The van der Waals surface area contributed by atoms with Gasteiger partial charge in [0.15, 0.2) is 0 Å². The Kier molecular flexibility index (Phi) is 3.69. The van der Waals surface area contributed by atoms with Gasteiger partial charge in [-0.25, -0.2) is 4.79 Å². The molecule has 0 heterocycles. The summed E-state index contributed by atoms with van der Waals surface area (Å²) in [6, 6.07) is 0.344. The first-order chi connectivity index (χ1) is 7.66. The number of amides is 2. The van der Waals surface area contributed by atoms with Gasteiger partial charge in [-0.1, -0.05) is 0 Å². The van der Waals surface area contributed by atoms with Crippen molar-refractivity contribution in [1.29, 1.82) is 0 Å². The highest BCUT2D eigenvalue weighted by Crippen LogP contribution is 2.44. The minimum absolute atomic E-state index is 0.0653. The van der Waals surface area contributed by atoms with Crippen LogP contribution in [0.3, 0.4) is 0 Å². The van der Waals surface area contributed by atoms with Crippen molar-refractivity contribution in [2.24, 2.45) is 11.8 Å². The van der Waals surface area contributed by atoms with Gasteiger partial charge in [-0.3, -0.25) is 0 Å². The summed E-state index contributed by atoms with van der Waals surface area (Å²) in [6.07, 6.45) is 5.36. The lowest BCUT2D eigenvalue weighted by Gasteiger charge is -2.18. The van der Waals surface area contributed by atoms with Gasteiger partial charge in [-0.15, -0.1) is 0 Å². The molecule has 16 heavy (non-hydrogen) atoms. The van der Waals surface area contributed by atoms with E-state index in [1.807, 2.05) is 0 Å². The van der Waals surface area contributed by atoms with Crippen LogP contribution in [0.4, 0.5) is 4.79 Å². The Morgan fingerprint density at radius 1 is 1.31 bits per heavy atom. The fourth-order valence-corrected chi connectivity index (χ4v) is 2.13. The van der Waals surface area contributed by atoms with Crippen LogP contribution >= 0.6 is 0 Å². The minimum atomic E-state index is -0.344. The molecule has 0 aromatic rings. The second-order valence-corrected chi connectivity index (χ2v) is 5.24. The van der Waals surface area contributed by atoms with E-state index >= 15 is 0 Å². The molecule has 0 aromatic carbocycles. The van der Waals surface area contributed by atoms with Crippen LogP contribution in [0.15, 0.2) is 0 Å².